The second-order valence-corrected chi connectivity index (χ2v) is 19.0. The third-order valence-corrected chi connectivity index (χ3v) is 15.0. The summed E-state index contributed by atoms with van der Waals surface area (Å²) in [6.07, 6.45) is 17.7. The minimum absolute atomic E-state index is 0.935. The van der Waals surface area contributed by atoms with Crippen LogP contribution in [0.1, 0.15) is 80.1 Å². The average Bonchev–Trinajstić information content (AvgIpc) is 3.79. The van der Waals surface area contributed by atoms with Crippen molar-refractivity contribution in [1.82, 2.24) is 4.57 Å². The van der Waals surface area contributed by atoms with E-state index in [9.17, 15) is 0 Å². The Hall–Kier alpha value is -8.52. The topological polar surface area (TPSA) is 4.93 Å². The van der Waals surface area contributed by atoms with E-state index in [1.165, 1.54) is 133 Å². The van der Waals surface area contributed by atoms with E-state index in [1.807, 2.05) is 32.1 Å². The van der Waals surface area contributed by atoms with Gasteiger partial charge in [-0.3, -0.25) is 0 Å². The molecule has 0 radical (unpaired) electrons. The number of hydrogen-bond donors (Lipinski definition) is 0. The Morgan fingerprint density at radius 3 is 1.81 bits per heavy atom. The molecule has 1 aromatic heterocycles. The Balaban J connectivity index is 0.00000309. The van der Waals surface area contributed by atoms with Crippen LogP contribution < -0.4 is 0 Å². The number of benzene rings is 9. The fourth-order valence-electron chi connectivity index (χ4n) is 11.6. The van der Waals surface area contributed by atoms with Crippen molar-refractivity contribution in [3.63, 3.8) is 0 Å². The summed E-state index contributed by atoms with van der Waals surface area (Å²) in [5.74, 6) is 0. The maximum Gasteiger partial charge on any atom is 0.0538 e. The number of allylic oxidation sites excluding steroid dienone is 8. The van der Waals surface area contributed by atoms with E-state index in [0.717, 1.165) is 24.8 Å². The molecule has 0 atom stereocenters. The molecule has 1 aliphatic rings. The van der Waals surface area contributed by atoms with Gasteiger partial charge in [0.2, 0.25) is 0 Å². The molecule has 0 amide bonds. The lowest BCUT2D eigenvalue weighted by Gasteiger charge is -2.20. The van der Waals surface area contributed by atoms with Gasteiger partial charge < -0.3 is 4.57 Å². The van der Waals surface area contributed by atoms with E-state index in [2.05, 4.69) is 252 Å². The molecular formula is C73H65N. The largest absolute Gasteiger partial charge is 0.313 e. The third kappa shape index (κ3) is 8.94. The van der Waals surface area contributed by atoms with E-state index >= 15 is 0 Å². The maximum absolute atomic E-state index is 4.11. The molecule has 0 saturated heterocycles. The predicted octanol–water partition coefficient (Wildman–Crippen LogP) is 20.7. The van der Waals surface area contributed by atoms with E-state index in [4.69, 9.17) is 0 Å². The minimum atomic E-state index is 0.935. The second kappa shape index (κ2) is 21.7. The van der Waals surface area contributed by atoms with E-state index < -0.39 is 0 Å². The van der Waals surface area contributed by atoms with E-state index in [1.54, 1.807) is 0 Å². The van der Waals surface area contributed by atoms with E-state index in [0.29, 0.717) is 0 Å². The Morgan fingerprint density at radius 2 is 1.16 bits per heavy atom. The van der Waals surface area contributed by atoms with Crippen molar-refractivity contribution in [3.8, 4) is 50.2 Å². The molecule has 0 bridgehead atoms. The molecule has 0 fully saturated rings. The molecule has 0 spiro atoms. The molecule has 0 unspecified atom stereocenters. The minimum Gasteiger partial charge on any atom is -0.313 e. The Labute approximate surface area is 439 Å². The fraction of sp³-hybridized carbons (Fsp3) is 0.123. The van der Waals surface area contributed by atoms with Crippen molar-refractivity contribution in [2.75, 3.05) is 0 Å². The summed E-state index contributed by atoms with van der Waals surface area (Å²) < 4.78 is 2.54. The summed E-state index contributed by atoms with van der Waals surface area (Å²) in [5.41, 5.74) is 25.1. The Morgan fingerprint density at radius 1 is 0.581 bits per heavy atom. The van der Waals surface area contributed by atoms with Crippen molar-refractivity contribution >= 4 is 55.7 Å². The zero-order chi connectivity index (χ0) is 51.3. The van der Waals surface area contributed by atoms with Gasteiger partial charge in [-0.05, 0) is 187 Å². The Kier molecular flexibility index (Phi) is 14.4. The number of hydrogen-bond acceptors (Lipinski definition) is 0. The molecule has 11 rings (SSSR count). The zero-order valence-corrected chi connectivity index (χ0v) is 43.8. The van der Waals surface area contributed by atoms with Gasteiger partial charge >= 0.3 is 0 Å². The molecule has 1 heterocycles. The van der Waals surface area contributed by atoms with Crippen LogP contribution in [0.25, 0.3) is 106 Å². The fourth-order valence-corrected chi connectivity index (χ4v) is 11.6. The summed E-state index contributed by atoms with van der Waals surface area (Å²) in [6.45, 7) is 20.8. The summed E-state index contributed by atoms with van der Waals surface area (Å²) in [6, 6.07) is 67.7. The standard InChI is InChI=1S/C71H59N.C2H6/c1-7-11-23-49(9-3)47(5)58-33-21-34-59(48(58)6)55-28-19-27-53(44-55)54-38-42-68-66(45-54)67-46-56(61-35-20-26-50(10-4)60(61)22-8-2)39-43-69(67)72(68)57-40-36-52(37-41-57)71-64-31-17-15-29-62(64)70(51-24-13-12-14-25-51)63-30-16-18-32-65(63)71;1-2/h7-9,11-38,40-42,44-46H,1,3,10,39,43H2,2,4-6H3;1-2H3/b22-8-,23-11-,49-47+;. The lowest BCUT2D eigenvalue weighted by molar-refractivity contribution is 0.897. The highest BCUT2D eigenvalue weighted by atomic mass is 15.0. The van der Waals surface area contributed by atoms with Crippen LogP contribution in [0.4, 0.5) is 0 Å². The van der Waals surface area contributed by atoms with Crippen LogP contribution >= 0.6 is 0 Å². The van der Waals surface area contributed by atoms with Crippen molar-refractivity contribution in [2.24, 2.45) is 0 Å². The summed E-state index contributed by atoms with van der Waals surface area (Å²) in [5, 5.41) is 6.33. The van der Waals surface area contributed by atoms with Crippen LogP contribution in [0.15, 0.2) is 231 Å². The normalized spacial score (nSPS) is 12.7. The summed E-state index contributed by atoms with van der Waals surface area (Å²) >= 11 is 0. The van der Waals surface area contributed by atoms with Crippen LogP contribution in [0.2, 0.25) is 0 Å². The first-order valence-corrected chi connectivity index (χ1v) is 26.5. The molecule has 0 N–H and O–H groups in total. The van der Waals surface area contributed by atoms with Crippen LogP contribution in [0.3, 0.4) is 0 Å². The third-order valence-electron chi connectivity index (χ3n) is 15.0. The van der Waals surface area contributed by atoms with Crippen LogP contribution in [-0.4, -0.2) is 4.57 Å². The van der Waals surface area contributed by atoms with Crippen molar-refractivity contribution in [3.05, 3.63) is 270 Å². The molecular weight excluding hydrogens is 891 g/mol. The van der Waals surface area contributed by atoms with E-state index in [-0.39, 0.29) is 0 Å². The molecule has 0 saturated carbocycles. The maximum atomic E-state index is 4.11. The molecule has 1 heteroatoms. The molecule has 74 heavy (non-hydrogen) atoms. The van der Waals surface area contributed by atoms with Crippen molar-refractivity contribution in [1.29, 1.82) is 0 Å². The first-order chi connectivity index (χ1) is 36.4. The van der Waals surface area contributed by atoms with Gasteiger partial charge in [-0.15, -0.1) is 0 Å². The zero-order valence-electron chi connectivity index (χ0n) is 43.8. The first-order valence-electron chi connectivity index (χ1n) is 26.5. The van der Waals surface area contributed by atoms with Gasteiger partial charge in [0.05, 0.1) is 5.52 Å². The molecule has 1 nitrogen and oxygen atoms in total. The predicted molar refractivity (Wildman–Crippen MR) is 325 cm³/mol. The number of aromatic nitrogens is 1. The first kappa shape index (κ1) is 49.1. The highest BCUT2D eigenvalue weighted by Gasteiger charge is 2.24. The highest BCUT2D eigenvalue weighted by molar-refractivity contribution is 6.21. The molecule has 1 aliphatic carbocycles. The SMILES string of the molecule is C=C/C=C\C(C=C)=C(/C)c1cccc(-c2cccc(-c3ccc4c(c3)c3c(n4-c4ccc(-c5c6ccccc6c(-c6ccccc6)c6ccccc56)cc4)CCC(c4cccc(CC)c4/C=C\C)=C3)c2)c1C.CC. The molecule has 0 aliphatic heterocycles. The smallest absolute Gasteiger partial charge is 0.0538 e. The van der Waals surface area contributed by atoms with Crippen molar-refractivity contribution in [2.45, 2.75) is 60.8 Å². The summed E-state index contributed by atoms with van der Waals surface area (Å²) in [4.78, 5) is 0. The van der Waals surface area contributed by atoms with Crippen LogP contribution in [-0.2, 0) is 12.8 Å². The molecule has 9 aromatic carbocycles. The van der Waals surface area contributed by atoms with Gasteiger partial charge in [0.25, 0.3) is 0 Å². The van der Waals surface area contributed by atoms with Crippen LogP contribution in [0, 0.1) is 6.92 Å². The second-order valence-electron chi connectivity index (χ2n) is 19.0. The number of aryl methyl sites for hydroxylation is 1. The van der Waals surface area contributed by atoms with Gasteiger partial charge in [0.15, 0.2) is 0 Å². The van der Waals surface area contributed by atoms with Gasteiger partial charge in [-0.2, -0.15) is 0 Å². The Bertz CT molecular complexity index is 3820. The number of rotatable bonds is 12. The van der Waals surface area contributed by atoms with Gasteiger partial charge in [-0.1, -0.05) is 222 Å². The lowest BCUT2D eigenvalue weighted by atomic mass is 9.86. The average molecular weight is 956 g/mol. The van der Waals surface area contributed by atoms with Crippen molar-refractivity contribution < 1.29 is 0 Å². The lowest BCUT2D eigenvalue weighted by Crippen LogP contribution is -2.06. The van der Waals surface area contributed by atoms with Crippen LogP contribution in [0.5, 0.6) is 0 Å². The number of fused-ring (bicyclic) bond motifs is 5. The van der Waals surface area contributed by atoms with Gasteiger partial charge in [-0.25, -0.2) is 0 Å². The van der Waals surface area contributed by atoms with Gasteiger partial charge in [0, 0.05) is 22.3 Å². The van der Waals surface area contributed by atoms with Gasteiger partial charge in [0.1, 0.15) is 0 Å². The quantitative estimate of drug-likeness (QED) is 0.0849. The summed E-state index contributed by atoms with van der Waals surface area (Å²) in [7, 11) is 0. The highest BCUT2D eigenvalue weighted by Crippen LogP contribution is 2.46. The molecule has 362 valence electrons. The molecule has 10 aromatic rings. The monoisotopic (exact) mass is 956 g/mol. The number of nitrogens with zero attached hydrogens (tertiary/aromatic N) is 1.